The third-order valence-electron chi connectivity index (χ3n) is 2.38. The van der Waals surface area contributed by atoms with Gasteiger partial charge >= 0.3 is 0 Å². The van der Waals surface area contributed by atoms with E-state index in [2.05, 4.69) is 47.8 Å². The van der Waals surface area contributed by atoms with E-state index < -0.39 is 0 Å². The van der Waals surface area contributed by atoms with Gasteiger partial charge in [-0.3, -0.25) is 0 Å². The van der Waals surface area contributed by atoms with Crippen LogP contribution in [0.2, 0.25) is 0 Å². The molecule has 0 bridgehead atoms. The summed E-state index contributed by atoms with van der Waals surface area (Å²) in [6.45, 7) is 6.78. The summed E-state index contributed by atoms with van der Waals surface area (Å²) in [7, 11) is 1.70. The van der Waals surface area contributed by atoms with E-state index in [9.17, 15) is 0 Å². The van der Waals surface area contributed by atoms with Crippen LogP contribution in [0.4, 0.5) is 0 Å². The van der Waals surface area contributed by atoms with Gasteiger partial charge in [0.25, 0.3) is 0 Å². The van der Waals surface area contributed by atoms with Gasteiger partial charge in [-0.15, -0.1) is 0 Å². The second-order valence-electron chi connectivity index (χ2n) is 4.70. The number of rotatable bonds is 8. The normalized spacial score (nSPS) is 12.7. The lowest BCUT2D eigenvalue weighted by molar-refractivity contribution is 0.0802. The lowest BCUT2D eigenvalue weighted by atomic mass is 10.2. The van der Waals surface area contributed by atoms with Crippen LogP contribution in [0.15, 0.2) is 24.3 Å². The molecule has 0 radical (unpaired) electrons. The molecule has 0 spiro atoms. The molecule has 1 atom stereocenters. The summed E-state index contributed by atoms with van der Waals surface area (Å²) in [6, 6.07) is 8.07. The fraction of sp³-hybridized carbons (Fsp3) is 0.571. The fourth-order valence-electron chi connectivity index (χ4n) is 1.59. The quantitative estimate of drug-likeness (QED) is 0.721. The van der Waals surface area contributed by atoms with Crippen molar-refractivity contribution in [3.05, 3.63) is 27.8 Å². The van der Waals surface area contributed by atoms with Crippen molar-refractivity contribution in [2.45, 2.75) is 20.0 Å². The molecule has 1 N–H and O–H groups in total. The van der Waals surface area contributed by atoms with Crippen LogP contribution in [-0.4, -0.2) is 32.9 Å². The molecule has 0 saturated heterocycles. The summed E-state index contributed by atoms with van der Waals surface area (Å²) < 4.78 is 12.3. The lowest BCUT2D eigenvalue weighted by Crippen LogP contribution is -2.36. The van der Waals surface area contributed by atoms with Gasteiger partial charge in [0.2, 0.25) is 0 Å². The predicted octanol–water partition coefficient (Wildman–Crippen LogP) is 2.93. The molecule has 0 aliphatic heterocycles. The highest BCUT2D eigenvalue weighted by atomic mass is 127. The summed E-state index contributed by atoms with van der Waals surface area (Å²) in [5, 5.41) is 3.40. The van der Waals surface area contributed by atoms with Gasteiger partial charge in [0.1, 0.15) is 11.9 Å². The Hall–Kier alpha value is -0.330. The Morgan fingerprint density at radius 1 is 1.28 bits per heavy atom. The third kappa shape index (κ3) is 6.56. The molecular formula is C14H22INO2. The van der Waals surface area contributed by atoms with E-state index in [0.29, 0.717) is 12.5 Å². The van der Waals surface area contributed by atoms with Crippen LogP contribution in [0.1, 0.15) is 13.8 Å². The Balaban J connectivity index is 2.46. The molecule has 0 fully saturated rings. The first-order chi connectivity index (χ1) is 8.61. The van der Waals surface area contributed by atoms with E-state index in [1.54, 1.807) is 7.11 Å². The zero-order valence-electron chi connectivity index (χ0n) is 11.3. The first-order valence-corrected chi connectivity index (χ1v) is 7.31. The van der Waals surface area contributed by atoms with E-state index in [1.165, 1.54) is 3.57 Å². The van der Waals surface area contributed by atoms with Crippen LogP contribution in [0.5, 0.6) is 5.75 Å². The predicted molar refractivity (Wildman–Crippen MR) is 83.2 cm³/mol. The van der Waals surface area contributed by atoms with Gasteiger partial charge in [0.05, 0.1) is 6.61 Å². The number of methoxy groups -OCH3 is 1. The van der Waals surface area contributed by atoms with Crippen LogP contribution in [0.3, 0.4) is 0 Å². The minimum absolute atomic E-state index is 0.0481. The van der Waals surface area contributed by atoms with Gasteiger partial charge in [-0.1, -0.05) is 19.9 Å². The second kappa shape index (κ2) is 8.72. The van der Waals surface area contributed by atoms with Crippen molar-refractivity contribution in [2.24, 2.45) is 5.92 Å². The molecule has 0 amide bonds. The molecule has 1 aromatic carbocycles. The molecule has 1 unspecified atom stereocenters. The van der Waals surface area contributed by atoms with Gasteiger partial charge in [-0.25, -0.2) is 0 Å². The smallest absolute Gasteiger partial charge is 0.134 e. The van der Waals surface area contributed by atoms with Crippen molar-refractivity contribution in [3.8, 4) is 5.75 Å². The molecule has 0 heterocycles. The SMILES string of the molecule is COCC(CNCC(C)C)Oc1cccc(I)c1. The van der Waals surface area contributed by atoms with Gasteiger partial charge in [0.15, 0.2) is 0 Å². The summed E-state index contributed by atoms with van der Waals surface area (Å²) in [5.41, 5.74) is 0. The average molecular weight is 363 g/mol. The highest BCUT2D eigenvalue weighted by Crippen LogP contribution is 2.16. The molecule has 0 aromatic heterocycles. The second-order valence-corrected chi connectivity index (χ2v) is 5.95. The molecule has 0 aliphatic carbocycles. The number of hydrogen-bond acceptors (Lipinski definition) is 3. The molecule has 0 aliphatic rings. The third-order valence-corrected chi connectivity index (χ3v) is 3.05. The zero-order chi connectivity index (χ0) is 13.4. The summed E-state index contributed by atoms with van der Waals surface area (Å²) in [4.78, 5) is 0. The van der Waals surface area contributed by atoms with Crippen LogP contribution >= 0.6 is 22.6 Å². The fourth-order valence-corrected chi connectivity index (χ4v) is 2.10. The van der Waals surface area contributed by atoms with Crippen molar-refractivity contribution in [1.29, 1.82) is 0 Å². The maximum Gasteiger partial charge on any atom is 0.134 e. The summed E-state index contributed by atoms with van der Waals surface area (Å²) >= 11 is 2.28. The van der Waals surface area contributed by atoms with E-state index in [-0.39, 0.29) is 6.10 Å². The van der Waals surface area contributed by atoms with Crippen LogP contribution in [0.25, 0.3) is 0 Å². The number of hydrogen-bond donors (Lipinski definition) is 1. The van der Waals surface area contributed by atoms with E-state index >= 15 is 0 Å². The summed E-state index contributed by atoms with van der Waals surface area (Å²) in [6.07, 6.45) is 0.0481. The van der Waals surface area contributed by atoms with Crippen LogP contribution in [0, 0.1) is 9.49 Å². The van der Waals surface area contributed by atoms with Crippen molar-refractivity contribution in [3.63, 3.8) is 0 Å². The maximum atomic E-state index is 5.93. The number of benzene rings is 1. The first-order valence-electron chi connectivity index (χ1n) is 6.23. The van der Waals surface area contributed by atoms with Gasteiger partial charge in [-0.2, -0.15) is 0 Å². The van der Waals surface area contributed by atoms with Crippen molar-refractivity contribution in [1.82, 2.24) is 5.32 Å². The topological polar surface area (TPSA) is 30.5 Å². The molecule has 18 heavy (non-hydrogen) atoms. The molecule has 102 valence electrons. The minimum Gasteiger partial charge on any atom is -0.487 e. The Bertz CT molecular complexity index is 344. The van der Waals surface area contributed by atoms with Crippen molar-refractivity contribution < 1.29 is 9.47 Å². The Labute approximate surface area is 123 Å². The number of nitrogens with one attached hydrogen (secondary N) is 1. The van der Waals surface area contributed by atoms with Gasteiger partial charge in [-0.05, 0) is 53.3 Å². The molecule has 0 saturated carbocycles. The Morgan fingerprint density at radius 2 is 2.06 bits per heavy atom. The highest BCUT2D eigenvalue weighted by Gasteiger charge is 2.10. The van der Waals surface area contributed by atoms with E-state index in [1.807, 2.05) is 18.2 Å². The van der Waals surface area contributed by atoms with Crippen LogP contribution in [-0.2, 0) is 4.74 Å². The number of ether oxygens (including phenoxy) is 2. The molecular weight excluding hydrogens is 341 g/mol. The van der Waals surface area contributed by atoms with Gasteiger partial charge < -0.3 is 14.8 Å². The zero-order valence-corrected chi connectivity index (χ0v) is 13.4. The first kappa shape index (κ1) is 15.7. The average Bonchev–Trinajstić information content (AvgIpc) is 2.28. The highest BCUT2D eigenvalue weighted by molar-refractivity contribution is 14.1. The molecule has 4 heteroatoms. The van der Waals surface area contributed by atoms with Crippen LogP contribution < -0.4 is 10.1 Å². The molecule has 1 aromatic rings. The largest absolute Gasteiger partial charge is 0.487 e. The monoisotopic (exact) mass is 363 g/mol. The number of halogens is 1. The van der Waals surface area contributed by atoms with Crippen molar-refractivity contribution >= 4 is 22.6 Å². The standard InChI is InChI=1S/C14H22INO2/c1-11(2)8-16-9-14(10-17-3)18-13-6-4-5-12(15)7-13/h4-7,11,14,16H,8-10H2,1-3H3. The Kier molecular flexibility index (Phi) is 7.62. The minimum atomic E-state index is 0.0481. The Morgan fingerprint density at radius 3 is 2.67 bits per heavy atom. The summed E-state index contributed by atoms with van der Waals surface area (Å²) in [5.74, 6) is 1.54. The van der Waals surface area contributed by atoms with Crippen molar-refractivity contribution in [2.75, 3.05) is 26.8 Å². The lowest BCUT2D eigenvalue weighted by Gasteiger charge is -2.19. The maximum absolute atomic E-state index is 5.93. The van der Waals surface area contributed by atoms with Gasteiger partial charge in [0, 0.05) is 17.2 Å². The van der Waals surface area contributed by atoms with E-state index in [0.717, 1.165) is 18.8 Å². The molecule has 1 rings (SSSR count). The van der Waals surface area contributed by atoms with E-state index in [4.69, 9.17) is 9.47 Å². The molecule has 3 nitrogen and oxygen atoms in total.